The first-order valence-electron chi connectivity index (χ1n) is 7.65. The SMILES string of the molecule is CNC(c1ccc2c(c1)OCCCO2)C1CN(C)CCO1. The van der Waals surface area contributed by atoms with Gasteiger partial charge in [-0.3, -0.25) is 0 Å². The Morgan fingerprint density at radius 3 is 2.76 bits per heavy atom. The summed E-state index contributed by atoms with van der Waals surface area (Å²) in [6.45, 7) is 4.14. The van der Waals surface area contributed by atoms with Gasteiger partial charge in [-0.25, -0.2) is 0 Å². The molecular weight excluding hydrogens is 268 g/mol. The van der Waals surface area contributed by atoms with Crippen LogP contribution in [-0.4, -0.2) is 58.0 Å². The Bertz CT molecular complexity index is 481. The Morgan fingerprint density at radius 1 is 1.19 bits per heavy atom. The molecule has 2 aliphatic heterocycles. The number of likely N-dealkylation sites (N-methyl/N-ethyl adjacent to an activating group) is 2. The average Bonchev–Trinajstić information content (AvgIpc) is 2.73. The Hall–Kier alpha value is -1.30. The van der Waals surface area contributed by atoms with Gasteiger partial charge in [-0.2, -0.15) is 0 Å². The summed E-state index contributed by atoms with van der Waals surface area (Å²) in [6.07, 6.45) is 1.08. The van der Waals surface area contributed by atoms with E-state index in [4.69, 9.17) is 14.2 Å². The predicted octanol–water partition coefficient (Wildman–Crippen LogP) is 1.44. The molecule has 0 aliphatic carbocycles. The van der Waals surface area contributed by atoms with Gasteiger partial charge in [0.25, 0.3) is 0 Å². The lowest BCUT2D eigenvalue weighted by atomic mass is 9.99. The van der Waals surface area contributed by atoms with Gasteiger partial charge in [-0.05, 0) is 31.8 Å². The maximum atomic E-state index is 5.95. The molecule has 1 saturated heterocycles. The quantitative estimate of drug-likeness (QED) is 0.913. The summed E-state index contributed by atoms with van der Waals surface area (Å²) < 4.78 is 17.4. The fourth-order valence-electron chi connectivity index (χ4n) is 2.95. The summed E-state index contributed by atoms with van der Waals surface area (Å²) in [5, 5.41) is 3.38. The molecule has 2 heterocycles. The molecule has 0 saturated carbocycles. The normalized spacial score (nSPS) is 24.4. The average molecular weight is 292 g/mol. The number of nitrogens with zero attached hydrogens (tertiary/aromatic N) is 1. The smallest absolute Gasteiger partial charge is 0.161 e. The summed E-state index contributed by atoms with van der Waals surface area (Å²) in [4.78, 5) is 2.31. The van der Waals surface area contributed by atoms with E-state index in [-0.39, 0.29) is 12.1 Å². The Labute approximate surface area is 126 Å². The number of ether oxygens (including phenoxy) is 3. The van der Waals surface area contributed by atoms with E-state index in [1.807, 2.05) is 13.1 Å². The van der Waals surface area contributed by atoms with E-state index in [0.29, 0.717) is 6.61 Å². The second-order valence-electron chi connectivity index (χ2n) is 5.69. The topological polar surface area (TPSA) is 43.0 Å². The van der Waals surface area contributed by atoms with E-state index in [1.54, 1.807) is 0 Å². The predicted molar refractivity (Wildman–Crippen MR) is 81.1 cm³/mol. The Balaban J connectivity index is 1.81. The van der Waals surface area contributed by atoms with E-state index < -0.39 is 0 Å². The van der Waals surface area contributed by atoms with E-state index >= 15 is 0 Å². The highest BCUT2D eigenvalue weighted by molar-refractivity contribution is 5.44. The van der Waals surface area contributed by atoms with Gasteiger partial charge in [0.2, 0.25) is 0 Å². The second-order valence-corrected chi connectivity index (χ2v) is 5.69. The third-order valence-corrected chi connectivity index (χ3v) is 4.11. The van der Waals surface area contributed by atoms with Crippen molar-refractivity contribution in [3.05, 3.63) is 23.8 Å². The molecule has 1 aromatic rings. The van der Waals surface area contributed by atoms with Crippen molar-refractivity contribution in [1.29, 1.82) is 0 Å². The van der Waals surface area contributed by atoms with Crippen molar-refractivity contribution in [2.24, 2.45) is 0 Å². The molecule has 0 aromatic heterocycles. The zero-order valence-electron chi connectivity index (χ0n) is 12.8. The highest BCUT2D eigenvalue weighted by Crippen LogP contribution is 2.33. The van der Waals surface area contributed by atoms with Crippen molar-refractivity contribution in [2.75, 3.05) is 47.0 Å². The van der Waals surface area contributed by atoms with Crippen LogP contribution >= 0.6 is 0 Å². The maximum absolute atomic E-state index is 5.95. The Kier molecular flexibility index (Phi) is 4.63. The van der Waals surface area contributed by atoms with E-state index in [9.17, 15) is 0 Å². The highest BCUT2D eigenvalue weighted by Gasteiger charge is 2.27. The van der Waals surface area contributed by atoms with Crippen LogP contribution in [0.4, 0.5) is 0 Å². The fraction of sp³-hybridized carbons (Fsp3) is 0.625. The van der Waals surface area contributed by atoms with Crippen molar-refractivity contribution in [2.45, 2.75) is 18.6 Å². The molecule has 0 radical (unpaired) electrons. The first kappa shape index (κ1) is 14.6. The van der Waals surface area contributed by atoms with Crippen molar-refractivity contribution in [1.82, 2.24) is 10.2 Å². The van der Waals surface area contributed by atoms with Crippen LogP contribution in [0.1, 0.15) is 18.0 Å². The molecule has 1 N–H and O–H groups in total. The van der Waals surface area contributed by atoms with E-state index in [2.05, 4.69) is 29.4 Å². The van der Waals surface area contributed by atoms with Crippen molar-refractivity contribution < 1.29 is 14.2 Å². The monoisotopic (exact) mass is 292 g/mol. The van der Waals surface area contributed by atoms with Crippen LogP contribution in [0.2, 0.25) is 0 Å². The van der Waals surface area contributed by atoms with Crippen molar-refractivity contribution in [3.8, 4) is 11.5 Å². The molecule has 2 unspecified atom stereocenters. The standard InChI is InChI=1S/C16H24N2O3/c1-17-16(15-11-18(2)6-9-21-15)12-4-5-13-14(10-12)20-8-3-7-19-13/h4-5,10,15-17H,3,6-9,11H2,1-2H3. The summed E-state index contributed by atoms with van der Waals surface area (Å²) in [5.41, 5.74) is 1.18. The minimum atomic E-state index is 0.151. The van der Waals surface area contributed by atoms with Gasteiger partial charge >= 0.3 is 0 Å². The highest BCUT2D eigenvalue weighted by atomic mass is 16.5. The first-order valence-corrected chi connectivity index (χ1v) is 7.65. The fourth-order valence-corrected chi connectivity index (χ4v) is 2.95. The first-order chi connectivity index (χ1) is 10.3. The lowest BCUT2D eigenvalue weighted by molar-refractivity contribution is -0.0380. The molecule has 2 atom stereocenters. The van der Waals surface area contributed by atoms with Gasteiger partial charge in [-0.15, -0.1) is 0 Å². The number of fused-ring (bicyclic) bond motifs is 1. The number of morpholine rings is 1. The summed E-state index contributed by atoms with van der Waals surface area (Å²) in [7, 11) is 4.11. The number of nitrogens with one attached hydrogen (secondary N) is 1. The minimum Gasteiger partial charge on any atom is -0.490 e. The van der Waals surface area contributed by atoms with Crippen LogP contribution < -0.4 is 14.8 Å². The molecule has 1 aromatic carbocycles. The van der Waals surface area contributed by atoms with Crippen LogP contribution in [0.15, 0.2) is 18.2 Å². The van der Waals surface area contributed by atoms with Gasteiger partial charge in [0, 0.05) is 19.5 Å². The molecule has 0 spiro atoms. The van der Waals surface area contributed by atoms with Crippen molar-refractivity contribution in [3.63, 3.8) is 0 Å². The Morgan fingerprint density at radius 2 is 2.00 bits per heavy atom. The molecule has 21 heavy (non-hydrogen) atoms. The van der Waals surface area contributed by atoms with Crippen LogP contribution in [0.3, 0.4) is 0 Å². The maximum Gasteiger partial charge on any atom is 0.161 e. The zero-order chi connectivity index (χ0) is 14.7. The van der Waals surface area contributed by atoms with Crippen molar-refractivity contribution >= 4 is 0 Å². The molecule has 116 valence electrons. The van der Waals surface area contributed by atoms with Gasteiger partial charge in [-0.1, -0.05) is 6.07 Å². The molecule has 5 nitrogen and oxygen atoms in total. The lowest BCUT2D eigenvalue weighted by Gasteiger charge is -2.35. The lowest BCUT2D eigenvalue weighted by Crippen LogP contribution is -2.46. The third kappa shape index (κ3) is 3.31. The van der Waals surface area contributed by atoms with Gasteiger partial charge in [0.1, 0.15) is 0 Å². The summed E-state index contributed by atoms with van der Waals surface area (Å²) in [5.74, 6) is 1.68. The van der Waals surface area contributed by atoms with Crippen LogP contribution in [-0.2, 0) is 4.74 Å². The molecule has 2 aliphatic rings. The molecule has 5 heteroatoms. The molecule has 0 bridgehead atoms. The second kappa shape index (κ2) is 6.64. The molecule has 3 rings (SSSR count). The molecule has 0 amide bonds. The third-order valence-electron chi connectivity index (χ3n) is 4.11. The van der Waals surface area contributed by atoms with E-state index in [1.165, 1.54) is 5.56 Å². The van der Waals surface area contributed by atoms with Crippen LogP contribution in [0, 0.1) is 0 Å². The molecular formula is C16H24N2O3. The summed E-state index contributed by atoms with van der Waals surface area (Å²) >= 11 is 0. The van der Waals surface area contributed by atoms with Gasteiger partial charge in [0.15, 0.2) is 11.5 Å². The van der Waals surface area contributed by atoms with Crippen LogP contribution in [0.25, 0.3) is 0 Å². The molecule has 1 fully saturated rings. The number of benzene rings is 1. The number of hydrogen-bond donors (Lipinski definition) is 1. The number of rotatable bonds is 3. The van der Waals surface area contributed by atoms with Gasteiger partial charge < -0.3 is 24.4 Å². The zero-order valence-corrected chi connectivity index (χ0v) is 12.8. The van der Waals surface area contributed by atoms with Crippen LogP contribution in [0.5, 0.6) is 11.5 Å². The van der Waals surface area contributed by atoms with E-state index in [0.717, 1.165) is 44.2 Å². The number of hydrogen-bond acceptors (Lipinski definition) is 5. The minimum absolute atomic E-state index is 0.151. The largest absolute Gasteiger partial charge is 0.490 e. The van der Waals surface area contributed by atoms with Gasteiger partial charge in [0.05, 0.1) is 32.0 Å². The summed E-state index contributed by atoms with van der Waals surface area (Å²) in [6, 6.07) is 6.35.